The summed E-state index contributed by atoms with van der Waals surface area (Å²) in [6.07, 6.45) is 0. The third-order valence-corrected chi connectivity index (χ3v) is 14.5. The van der Waals surface area contributed by atoms with Crippen LogP contribution in [0.2, 0.25) is 0 Å². The molecule has 294 valence electrons. The van der Waals surface area contributed by atoms with Crippen LogP contribution in [0.25, 0.3) is 119 Å². The first-order chi connectivity index (χ1) is 30.4. The lowest BCUT2D eigenvalue weighted by Gasteiger charge is -2.14. The number of hydrogen-bond acceptors (Lipinski definition) is 5. The van der Waals surface area contributed by atoms with E-state index in [1.54, 1.807) is 9.13 Å². The molecule has 8 aromatic carbocycles. The maximum atomic E-state index is 12.8. The lowest BCUT2D eigenvalue weighted by Crippen LogP contribution is -2.19. The van der Waals surface area contributed by atoms with Gasteiger partial charge in [-0.3, -0.25) is 9.13 Å². The Morgan fingerprint density at radius 3 is 1.48 bits per heavy atom. The number of aromatic nitrogens is 4. The fourth-order valence-corrected chi connectivity index (χ4v) is 11.1. The molecule has 0 aliphatic carbocycles. The molecule has 12 aromatic rings. The van der Waals surface area contributed by atoms with Crippen LogP contribution in [-0.4, -0.2) is 19.1 Å². The largest absolute Gasteiger partial charge is 0.328 e. The van der Waals surface area contributed by atoms with Gasteiger partial charge >= 0.3 is 5.69 Å². The Labute approximate surface area is 365 Å². The summed E-state index contributed by atoms with van der Waals surface area (Å²) in [7, 11) is 3.64. The van der Waals surface area contributed by atoms with Crippen molar-refractivity contribution in [3.8, 4) is 67.3 Å². The van der Waals surface area contributed by atoms with E-state index >= 15 is 0 Å². The summed E-state index contributed by atoms with van der Waals surface area (Å²) in [5.74, 6) is 0.661. The van der Waals surface area contributed by atoms with Crippen LogP contribution in [0.5, 0.6) is 0 Å². The molecule has 0 atom stereocenters. The number of aryl methyl sites for hydroxylation is 2. The summed E-state index contributed by atoms with van der Waals surface area (Å²) < 4.78 is 8.54. The zero-order valence-corrected chi connectivity index (χ0v) is 35.5. The number of hydrogen-bond donors (Lipinski definition) is 0. The van der Waals surface area contributed by atoms with Gasteiger partial charge in [0.25, 0.3) is 0 Å². The molecule has 0 amide bonds. The maximum Gasteiger partial charge on any atom is 0.328 e. The van der Waals surface area contributed by atoms with Crippen molar-refractivity contribution in [1.29, 1.82) is 0 Å². The summed E-state index contributed by atoms with van der Waals surface area (Å²) in [4.78, 5) is 23.3. The van der Waals surface area contributed by atoms with E-state index < -0.39 is 0 Å². The fraction of sp³-hybridized carbons (Fsp3) is 0.0364. The second-order valence-electron chi connectivity index (χ2n) is 15.9. The molecule has 0 radical (unpaired) electrons. The molecule has 0 fully saturated rings. The highest BCUT2D eigenvalue weighted by Gasteiger charge is 2.17. The molecule has 4 heterocycles. The highest BCUT2D eigenvalue weighted by atomic mass is 32.1. The van der Waals surface area contributed by atoms with E-state index in [1.165, 1.54) is 40.3 Å². The zero-order valence-electron chi connectivity index (χ0n) is 33.8. The molecule has 0 bridgehead atoms. The van der Waals surface area contributed by atoms with Gasteiger partial charge in [0, 0.05) is 71.1 Å². The van der Waals surface area contributed by atoms with Gasteiger partial charge in [0.15, 0.2) is 5.82 Å². The van der Waals surface area contributed by atoms with E-state index in [4.69, 9.17) is 9.97 Å². The molecular weight excluding hydrogens is 797 g/mol. The Balaban J connectivity index is 1.06. The quantitative estimate of drug-likeness (QED) is 0.168. The first-order valence-corrected chi connectivity index (χ1v) is 22.2. The lowest BCUT2D eigenvalue weighted by atomic mass is 9.93. The predicted molar refractivity (Wildman–Crippen MR) is 262 cm³/mol. The summed E-state index contributed by atoms with van der Waals surface area (Å²) in [5, 5.41) is 5.10. The first kappa shape index (κ1) is 36.4. The van der Waals surface area contributed by atoms with Gasteiger partial charge in [-0.2, -0.15) is 0 Å². The topological polar surface area (TPSA) is 52.7 Å². The Hall–Kier alpha value is -7.45. The van der Waals surface area contributed by atoms with Crippen molar-refractivity contribution in [3.05, 3.63) is 192 Å². The van der Waals surface area contributed by atoms with Crippen molar-refractivity contribution < 1.29 is 0 Å². The lowest BCUT2D eigenvalue weighted by molar-refractivity contribution is 0.795. The molecule has 62 heavy (non-hydrogen) atoms. The van der Waals surface area contributed by atoms with E-state index in [2.05, 4.69) is 158 Å². The minimum atomic E-state index is -0.0406. The van der Waals surface area contributed by atoms with Crippen molar-refractivity contribution in [2.75, 3.05) is 0 Å². The highest BCUT2D eigenvalue weighted by Crippen LogP contribution is 2.41. The molecule has 12 rings (SSSR count). The van der Waals surface area contributed by atoms with Crippen LogP contribution in [0.1, 0.15) is 0 Å². The zero-order chi connectivity index (χ0) is 41.5. The monoisotopic (exact) mass is 832 g/mol. The summed E-state index contributed by atoms with van der Waals surface area (Å²) in [6, 6.07) is 65.1. The van der Waals surface area contributed by atoms with Crippen molar-refractivity contribution in [3.63, 3.8) is 0 Å². The first-order valence-electron chi connectivity index (χ1n) is 20.6. The van der Waals surface area contributed by atoms with Crippen molar-refractivity contribution in [2.24, 2.45) is 14.1 Å². The second-order valence-corrected chi connectivity index (χ2v) is 18.1. The van der Waals surface area contributed by atoms with Crippen LogP contribution in [0.3, 0.4) is 0 Å². The van der Waals surface area contributed by atoms with E-state index in [-0.39, 0.29) is 5.69 Å². The number of fused-ring (bicyclic) bond motifs is 7. The van der Waals surface area contributed by atoms with Crippen LogP contribution in [-0.2, 0) is 14.1 Å². The minimum Gasteiger partial charge on any atom is -0.295 e. The average Bonchev–Trinajstić information content (AvgIpc) is 3.97. The summed E-state index contributed by atoms with van der Waals surface area (Å²) in [6.45, 7) is 0. The van der Waals surface area contributed by atoms with Crippen LogP contribution in [0.4, 0.5) is 0 Å². The molecule has 0 N–H and O–H groups in total. The van der Waals surface area contributed by atoms with Crippen molar-refractivity contribution in [1.82, 2.24) is 19.1 Å². The Bertz CT molecular complexity index is 3680. The van der Waals surface area contributed by atoms with Gasteiger partial charge < -0.3 is 0 Å². The number of imidazole rings is 1. The van der Waals surface area contributed by atoms with Crippen LogP contribution in [0, 0.1) is 0 Å². The molecule has 0 spiro atoms. The minimum absolute atomic E-state index is 0.0406. The van der Waals surface area contributed by atoms with Gasteiger partial charge in [-0.1, -0.05) is 103 Å². The average molecular weight is 833 g/mol. The van der Waals surface area contributed by atoms with Crippen LogP contribution < -0.4 is 5.69 Å². The third kappa shape index (κ3) is 6.08. The smallest absolute Gasteiger partial charge is 0.295 e. The predicted octanol–water partition coefficient (Wildman–Crippen LogP) is 14.4. The van der Waals surface area contributed by atoms with E-state index in [1.807, 2.05) is 61.0 Å². The van der Waals surface area contributed by atoms with Gasteiger partial charge in [-0.25, -0.2) is 14.8 Å². The third-order valence-electron chi connectivity index (χ3n) is 12.2. The van der Waals surface area contributed by atoms with Gasteiger partial charge in [0.05, 0.1) is 22.4 Å². The summed E-state index contributed by atoms with van der Waals surface area (Å²) in [5.41, 5.74) is 13.0. The SMILES string of the molecule is Cn1c(=O)n(C)c2cc(-c3cccc(-c4cc(-c5cc(-c6ccc7sc8ccccc8c7c6)cc(-c6ccc7sc8ccccc8c7c6)c5)nc(-c5ccccc5)n4)c3)ccc21. The molecule has 0 aliphatic rings. The number of nitrogens with zero attached hydrogens (tertiary/aromatic N) is 4. The van der Waals surface area contributed by atoms with Crippen molar-refractivity contribution >= 4 is 74.1 Å². The van der Waals surface area contributed by atoms with Gasteiger partial charge in [-0.05, 0) is 112 Å². The molecule has 7 heteroatoms. The van der Waals surface area contributed by atoms with E-state index in [9.17, 15) is 4.79 Å². The Morgan fingerprint density at radius 2 is 0.823 bits per heavy atom. The number of rotatable bonds is 6. The molecule has 0 aliphatic heterocycles. The van der Waals surface area contributed by atoms with Gasteiger partial charge in [-0.15, -0.1) is 22.7 Å². The second kappa shape index (κ2) is 14.3. The van der Waals surface area contributed by atoms with Crippen LogP contribution >= 0.6 is 22.7 Å². The molecule has 0 saturated heterocycles. The van der Waals surface area contributed by atoms with Crippen molar-refractivity contribution in [2.45, 2.75) is 0 Å². The number of benzene rings is 8. The van der Waals surface area contributed by atoms with E-state index in [0.29, 0.717) is 5.82 Å². The summed E-state index contributed by atoms with van der Waals surface area (Å²) >= 11 is 3.68. The highest BCUT2D eigenvalue weighted by molar-refractivity contribution is 7.26. The Morgan fingerprint density at radius 1 is 0.355 bits per heavy atom. The van der Waals surface area contributed by atoms with E-state index in [0.717, 1.165) is 72.5 Å². The fourth-order valence-electron chi connectivity index (χ4n) is 8.92. The van der Waals surface area contributed by atoms with Gasteiger partial charge in [0.1, 0.15) is 0 Å². The Kier molecular flexibility index (Phi) is 8.42. The number of thiophene rings is 2. The van der Waals surface area contributed by atoms with Crippen LogP contribution in [0.15, 0.2) is 187 Å². The normalized spacial score (nSPS) is 11.8. The standard InChI is InChI=1S/C55H36N4OS2/c1-58-48-22-19-37(31-49(48)59(2)55(58)60)34-13-10-14-38(25-34)46-32-47(57-54(56-46)33-11-4-3-5-12-33)41-27-39(35-20-23-52-44(29-35)42-15-6-8-17-50(42)61-52)26-40(28-41)36-21-24-53-45(30-36)43-16-7-9-18-51(43)62-53/h3-32H,1-2H3. The molecular formula is C55H36N4OS2. The molecule has 5 nitrogen and oxygen atoms in total. The molecule has 0 unspecified atom stereocenters. The molecule has 0 saturated carbocycles. The molecule has 4 aromatic heterocycles. The van der Waals surface area contributed by atoms with Gasteiger partial charge in [0.2, 0.25) is 0 Å². The maximum absolute atomic E-state index is 12.8.